The summed E-state index contributed by atoms with van der Waals surface area (Å²) in [5, 5.41) is 2.95. The molecule has 144 valence electrons. The number of carbonyl (C=O) groups excluding carboxylic acids is 2. The van der Waals surface area contributed by atoms with Crippen LogP contribution in [0.3, 0.4) is 0 Å². The van der Waals surface area contributed by atoms with Crippen LogP contribution >= 0.6 is 11.8 Å². The van der Waals surface area contributed by atoms with Crippen LogP contribution in [0.25, 0.3) is 0 Å². The van der Waals surface area contributed by atoms with E-state index in [1.165, 1.54) is 7.11 Å². The molecule has 0 saturated heterocycles. The summed E-state index contributed by atoms with van der Waals surface area (Å²) in [7, 11) is 2.98. The van der Waals surface area contributed by atoms with Crippen LogP contribution in [0.2, 0.25) is 0 Å². The number of hydrogen-bond acceptors (Lipinski definition) is 5. The minimum Gasteiger partial charge on any atom is -0.497 e. The van der Waals surface area contributed by atoms with Crippen molar-refractivity contribution in [2.24, 2.45) is 0 Å². The van der Waals surface area contributed by atoms with Gasteiger partial charge in [-0.05, 0) is 36.8 Å². The number of benzene rings is 2. The van der Waals surface area contributed by atoms with Gasteiger partial charge in [-0.15, -0.1) is 11.8 Å². The molecule has 1 unspecified atom stereocenters. The molecular weight excluding hydrogens is 362 g/mol. The third-order valence-electron chi connectivity index (χ3n) is 4.07. The Morgan fingerprint density at radius 1 is 1.04 bits per heavy atom. The molecule has 0 spiro atoms. The van der Waals surface area contributed by atoms with E-state index in [1.54, 1.807) is 18.9 Å². The fourth-order valence-corrected chi connectivity index (χ4v) is 3.35. The largest absolute Gasteiger partial charge is 0.497 e. The maximum Gasteiger partial charge on any atom is 0.307 e. The average molecular weight is 388 g/mol. The Bertz CT molecular complexity index is 744. The number of amides is 1. The highest BCUT2D eigenvalue weighted by atomic mass is 32.2. The zero-order valence-electron chi connectivity index (χ0n) is 15.9. The lowest BCUT2D eigenvalue weighted by atomic mass is 10.0. The summed E-state index contributed by atoms with van der Waals surface area (Å²) in [6.45, 7) is 1.99. The predicted octanol–water partition coefficient (Wildman–Crippen LogP) is 3.91. The fraction of sp³-hybridized carbons (Fsp3) is 0.333. The number of methoxy groups -OCH3 is 2. The van der Waals surface area contributed by atoms with E-state index in [-0.39, 0.29) is 18.3 Å². The first-order valence-corrected chi connectivity index (χ1v) is 9.70. The maximum absolute atomic E-state index is 12.4. The lowest BCUT2D eigenvalue weighted by Crippen LogP contribution is -2.30. The number of carbonyl (C=O) groups is 2. The summed E-state index contributed by atoms with van der Waals surface area (Å²) in [4.78, 5) is 25.1. The summed E-state index contributed by atoms with van der Waals surface area (Å²) in [6, 6.07) is 15.1. The van der Waals surface area contributed by atoms with Crippen LogP contribution < -0.4 is 10.1 Å². The van der Waals surface area contributed by atoms with Crippen LogP contribution in [0.5, 0.6) is 5.75 Å². The SMILES string of the molecule is COC(=O)CC(NC(=O)CCSc1ccc(OC)cc1)c1ccc(C)cc1. The van der Waals surface area contributed by atoms with Gasteiger partial charge in [-0.3, -0.25) is 9.59 Å². The van der Waals surface area contributed by atoms with Crippen molar-refractivity contribution < 1.29 is 19.1 Å². The smallest absolute Gasteiger partial charge is 0.307 e. The van der Waals surface area contributed by atoms with Crippen LogP contribution in [0.1, 0.15) is 30.0 Å². The van der Waals surface area contributed by atoms with Gasteiger partial charge in [0.2, 0.25) is 5.91 Å². The van der Waals surface area contributed by atoms with Crippen molar-refractivity contribution in [3.8, 4) is 5.75 Å². The first kappa shape index (κ1) is 20.8. The minimum atomic E-state index is -0.392. The molecule has 27 heavy (non-hydrogen) atoms. The van der Waals surface area contributed by atoms with Gasteiger partial charge < -0.3 is 14.8 Å². The average Bonchev–Trinajstić information content (AvgIpc) is 2.68. The molecule has 0 heterocycles. The zero-order valence-corrected chi connectivity index (χ0v) is 16.7. The molecule has 0 saturated carbocycles. The number of ether oxygens (including phenoxy) is 2. The van der Waals surface area contributed by atoms with Crippen molar-refractivity contribution in [3.63, 3.8) is 0 Å². The fourth-order valence-electron chi connectivity index (χ4n) is 2.50. The van der Waals surface area contributed by atoms with Crippen molar-refractivity contribution in [2.75, 3.05) is 20.0 Å². The molecule has 0 aliphatic carbocycles. The van der Waals surface area contributed by atoms with Gasteiger partial charge in [-0.2, -0.15) is 0 Å². The second-order valence-corrected chi connectivity index (χ2v) is 7.25. The monoisotopic (exact) mass is 387 g/mol. The van der Waals surface area contributed by atoms with Crippen molar-refractivity contribution in [2.45, 2.75) is 30.7 Å². The highest BCUT2D eigenvalue weighted by Crippen LogP contribution is 2.22. The third kappa shape index (κ3) is 6.98. The molecule has 1 amide bonds. The van der Waals surface area contributed by atoms with E-state index >= 15 is 0 Å². The van der Waals surface area contributed by atoms with Gasteiger partial charge in [0.05, 0.1) is 26.7 Å². The van der Waals surface area contributed by atoms with E-state index in [0.717, 1.165) is 21.8 Å². The number of nitrogens with one attached hydrogen (secondary N) is 1. The van der Waals surface area contributed by atoms with Crippen molar-refractivity contribution in [3.05, 3.63) is 59.7 Å². The molecule has 0 fully saturated rings. The molecule has 2 rings (SSSR count). The molecular formula is C21H25NO4S. The second kappa shape index (κ2) is 10.6. The molecule has 1 atom stereocenters. The lowest BCUT2D eigenvalue weighted by molar-refractivity contribution is -0.141. The Kier molecular flexibility index (Phi) is 8.20. The van der Waals surface area contributed by atoms with Gasteiger partial charge in [0.25, 0.3) is 0 Å². The van der Waals surface area contributed by atoms with E-state index in [9.17, 15) is 9.59 Å². The van der Waals surface area contributed by atoms with Crippen molar-refractivity contribution >= 4 is 23.6 Å². The Balaban J connectivity index is 1.90. The van der Waals surface area contributed by atoms with Crippen LogP contribution in [-0.4, -0.2) is 31.8 Å². The first-order valence-electron chi connectivity index (χ1n) is 8.71. The molecule has 1 N–H and O–H groups in total. The van der Waals surface area contributed by atoms with E-state index < -0.39 is 6.04 Å². The maximum atomic E-state index is 12.4. The summed E-state index contributed by atoms with van der Waals surface area (Å²) < 4.78 is 9.90. The topological polar surface area (TPSA) is 64.6 Å². The van der Waals surface area contributed by atoms with Gasteiger partial charge in [0.15, 0.2) is 0 Å². The van der Waals surface area contributed by atoms with E-state index in [2.05, 4.69) is 5.32 Å². The van der Waals surface area contributed by atoms with Crippen LogP contribution in [0.15, 0.2) is 53.4 Å². The molecule has 0 aliphatic rings. The number of aryl methyl sites for hydroxylation is 1. The molecule has 2 aromatic carbocycles. The Hall–Kier alpha value is -2.47. The number of rotatable bonds is 9. The van der Waals surface area contributed by atoms with E-state index in [1.807, 2.05) is 55.5 Å². The van der Waals surface area contributed by atoms with Gasteiger partial charge >= 0.3 is 5.97 Å². The molecule has 5 nitrogen and oxygen atoms in total. The Labute approximate surface area is 164 Å². The summed E-state index contributed by atoms with van der Waals surface area (Å²) in [5.41, 5.74) is 2.01. The van der Waals surface area contributed by atoms with Crippen LogP contribution in [0.4, 0.5) is 0 Å². The standard InChI is InChI=1S/C21H25NO4S/c1-15-4-6-16(7-5-15)19(14-21(24)26-3)22-20(23)12-13-27-18-10-8-17(25-2)9-11-18/h4-11,19H,12-14H2,1-3H3,(H,22,23). The molecule has 6 heteroatoms. The van der Waals surface area contributed by atoms with Gasteiger partial charge in [0.1, 0.15) is 5.75 Å². The second-order valence-electron chi connectivity index (χ2n) is 6.09. The molecule has 0 aromatic heterocycles. The van der Waals surface area contributed by atoms with E-state index in [4.69, 9.17) is 9.47 Å². The zero-order chi connectivity index (χ0) is 19.6. The highest BCUT2D eigenvalue weighted by molar-refractivity contribution is 7.99. The number of hydrogen-bond donors (Lipinski definition) is 1. The van der Waals surface area contributed by atoms with Gasteiger partial charge in [-0.25, -0.2) is 0 Å². The molecule has 0 radical (unpaired) electrons. The highest BCUT2D eigenvalue weighted by Gasteiger charge is 2.18. The van der Waals surface area contributed by atoms with E-state index in [0.29, 0.717) is 12.2 Å². The predicted molar refractivity (Wildman–Crippen MR) is 107 cm³/mol. The van der Waals surface area contributed by atoms with Crippen molar-refractivity contribution in [1.82, 2.24) is 5.32 Å². The molecule has 0 aliphatic heterocycles. The van der Waals surface area contributed by atoms with Gasteiger partial charge in [-0.1, -0.05) is 29.8 Å². The first-order chi connectivity index (χ1) is 13.0. The lowest BCUT2D eigenvalue weighted by Gasteiger charge is -2.18. The minimum absolute atomic E-state index is 0.0921. The number of thioether (sulfide) groups is 1. The summed E-state index contributed by atoms with van der Waals surface area (Å²) in [5.74, 6) is 1.01. The van der Waals surface area contributed by atoms with Gasteiger partial charge in [0, 0.05) is 17.1 Å². The van der Waals surface area contributed by atoms with Crippen LogP contribution in [-0.2, 0) is 14.3 Å². The normalized spacial score (nSPS) is 11.5. The van der Waals surface area contributed by atoms with Crippen LogP contribution in [0, 0.1) is 6.92 Å². The molecule has 2 aromatic rings. The Morgan fingerprint density at radius 2 is 1.70 bits per heavy atom. The summed E-state index contributed by atoms with van der Waals surface area (Å²) >= 11 is 1.60. The number of esters is 1. The third-order valence-corrected chi connectivity index (χ3v) is 5.08. The summed E-state index contributed by atoms with van der Waals surface area (Å²) in [6.07, 6.45) is 0.469. The quantitative estimate of drug-likeness (QED) is 0.522. The van der Waals surface area contributed by atoms with Crippen molar-refractivity contribution in [1.29, 1.82) is 0 Å². The molecule has 0 bridgehead atoms. The Morgan fingerprint density at radius 3 is 2.30 bits per heavy atom.